The molecule has 0 saturated carbocycles. The number of carboxylic acid groups (broad SMARTS) is 1. The number of carbonyl (C=O) groups is 1. The summed E-state index contributed by atoms with van der Waals surface area (Å²) < 4.78 is 5.30. The van der Waals surface area contributed by atoms with Gasteiger partial charge in [-0.3, -0.25) is 9.78 Å². The molecule has 4 heteroatoms. The number of aliphatic carboxylic acids is 1. The summed E-state index contributed by atoms with van der Waals surface area (Å²) in [5.41, 5.74) is 0.810. The van der Waals surface area contributed by atoms with Gasteiger partial charge in [0.15, 0.2) is 0 Å². The van der Waals surface area contributed by atoms with Gasteiger partial charge in [0.05, 0.1) is 24.8 Å². The van der Waals surface area contributed by atoms with E-state index in [0.29, 0.717) is 6.61 Å². The number of aromatic nitrogens is 1. The highest BCUT2D eigenvalue weighted by molar-refractivity contribution is 5.67. The third-order valence-electron chi connectivity index (χ3n) is 1.70. The monoisotopic (exact) mass is 195 g/mol. The van der Waals surface area contributed by atoms with Gasteiger partial charge in [-0.2, -0.15) is 0 Å². The number of pyridine rings is 1. The van der Waals surface area contributed by atoms with Crippen LogP contribution in [0.25, 0.3) is 0 Å². The van der Waals surface area contributed by atoms with E-state index in [-0.39, 0.29) is 12.5 Å². The summed E-state index contributed by atoms with van der Waals surface area (Å²) in [6, 6.07) is 5.53. The Morgan fingerprint density at radius 2 is 2.43 bits per heavy atom. The third kappa shape index (κ3) is 4.00. The van der Waals surface area contributed by atoms with Crippen molar-refractivity contribution in [2.45, 2.75) is 26.1 Å². The standard InChI is InChI=1S/C10H13NO3/c1-8(6-10(12)13)14-7-9-4-2-3-5-11-9/h2-5,8H,6-7H2,1H3,(H,12,13)/t8-/m1/s1. The van der Waals surface area contributed by atoms with Crippen molar-refractivity contribution in [2.24, 2.45) is 0 Å². The molecule has 1 N–H and O–H groups in total. The molecular formula is C10H13NO3. The van der Waals surface area contributed by atoms with Gasteiger partial charge in [0.25, 0.3) is 0 Å². The second kappa shape index (κ2) is 5.34. The van der Waals surface area contributed by atoms with E-state index >= 15 is 0 Å². The van der Waals surface area contributed by atoms with E-state index in [0.717, 1.165) is 5.69 Å². The molecule has 0 spiro atoms. The number of nitrogens with zero attached hydrogens (tertiary/aromatic N) is 1. The molecule has 1 aromatic rings. The zero-order valence-electron chi connectivity index (χ0n) is 8.01. The first-order chi connectivity index (χ1) is 6.68. The number of ether oxygens (including phenoxy) is 1. The van der Waals surface area contributed by atoms with Gasteiger partial charge in [-0.25, -0.2) is 0 Å². The van der Waals surface area contributed by atoms with Gasteiger partial charge >= 0.3 is 5.97 Å². The Hall–Kier alpha value is -1.42. The maximum atomic E-state index is 10.3. The van der Waals surface area contributed by atoms with Gasteiger partial charge in [-0.1, -0.05) is 6.07 Å². The van der Waals surface area contributed by atoms with E-state index < -0.39 is 5.97 Å². The van der Waals surface area contributed by atoms with Gasteiger partial charge in [0.2, 0.25) is 0 Å². The van der Waals surface area contributed by atoms with Gasteiger partial charge < -0.3 is 9.84 Å². The summed E-state index contributed by atoms with van der Waals surface area (Å²) in [6.45, 7) is 2.09. The summed E-state index contributed by atoms with van der Waals surface area (Å²) in [4.78, 5) is 14.4. The van der Waals surface area contributed by atoms with Crippen molar-refractivity contribution < 1.29 is 14.6 Å². The number of hydrogen-bond acceptors (Lipinski definition) is 3. The Morgan fingerprint density at radius 3 is 3.00 bits per heavy atom. The van der Waals surface area contributed by atoms with Crippen LogP contribution in [0, 0.1) is 0 Å². The average molecular weight is 195 g/mol. The van der Waals surface area contributed by atoms with Crippen molar-refractivity contribution in [1.82, 2.24) is 4.98 Å². The van der Waals surface area contributed by atoms with Crippen LogP contribution in [0.15, 0.2) is 24.4 Å². The fourth-order valence-electron chi connectivity index (χ4n) is 1.02. The van der Waals surface area contributed by atoms with Gasteiger partial charge in [-0.15, -0.1) is 0 Å². The summed E-state index contributed by atoms with van der Waals surface area (Å²) in [5, 5.41) is 8.49. The van der Waals surface area contributed by atoms with Crippen molar-refractivity contribution in [3.05, 3.63) is 30.1 Å². The number of hydrogen-bond donors (Lipinski definition) is 1. The van der Waals surface area contributed by atoms with Gasteiger partial charge in [0, 0.05) is 6.20 Å². The van der Waals surface area contributed by atoms with Gasteiger partial charge in [-0.05, 0) is 19.1 Å². The molecule has 0 fully saturated rings. The quantitative estimate of drug-likeness (QED) is 0.772. The lowest BCUT2D eigenvalue weighted by molar-refractivity contribution is -0.140. The second-order valence-corrected chi connectivity index (χ2v) is 3.04. The summed E-state index contributed by atoms with van der Waals surface area (Å²) >= 11 is 0. The summed E-state index contributed by atoms with van der Waals surface area (Å²) in [5.74, 6) is -0.849. The highest BCUT2D eigenvalue weighted by Crippen LogP contribution is 2.02. The molecule has 0 aromatic carbocycles. The Kier molecular flexibility index (Phi) is 4.07. The van der Waals surface area contributed by atoms with E-state index in [4.69, 9.17) is 9.84 Å². The molecule has 0 amide bonds. The van der Waals surface area contributed by atoms with Crippen molar-refractivity contribution >= 4 is 5.97 Å². The van der Waals surface area contributed by atoms with Crippen molar-refractivity contribution in [2.75, 3.05) is 0 Å². The van der Waals surface area contributed by atoms with Crippen molar-refractivity contribution in [3.63, 3.8) is 0 Å². The molecule has 0 unspecified atom stereocenters. The minimum Gasteiger partial charge on any atom is -0.481 e. The topological polar surface area (TPSA) is 59.4 Å². The fraction of sp³-hybridized carbons (Fsp3) is 0.400. The van der Waals surface area contributed by atoms with Crippen LogP contribution in [-0.4, -0.2) is 22.2 Å². The minimum absolute atomic E-state index is 0.0207. The Morgan fingerprint density at radius 1 is 1.64 bits per heavy atom. The van der Waals surface area contributed by atoms with Crippen LogP contribution in [0.1, 0.15) is 19.0 Å². The van der Waals surface area contributed by atoms with Crippen LogP contribution in [0.5, 0.6) is 0 Å². The van der Waals surface area contributed by atoms with Crippen LogP contribution in [-0.2, 0) is 16.1 Å². The predicted octanol–water partition coefficient (Wildman–Crippen LogP) is 1.46. The molecule has 0 aliphatic heterocycles. The van der Waals surface area contributed by atoms with Crippen LogP contribution < -0.4 is 0 Å². The lowest BCUT2D eigenvalue weighted by atomic mass is 10.3. The van der Waals surface area contributed by atoms with E-state index in [1.807, 2.05) is 18.2 Å². The van der Waals surface area contributed by atoms with E-state index in [1.54, 1.807) is 13.1 Å². The minimum atomic E-state index is -0.849. The number of rotatable bonds is 5. The first-order valence-electron chi connectivity index (χ1n) is 4.42. The first kappa shape index (κ1) is 10.7. The molecule has 4 nitrogen and oxygen atoms in total. The highest BCUT2D eigenvalue weighted by atomic mass is 16.5. The SMILES string of the molecule is C[C@H](CC(=O)O)OCc1ccccn1. The zero-order valence-corrected chi connectivity index (χ0v) is 8.01. The second-order valence-electron chi connectivity index (χ2n) is 3.04. The maximum Gasteiger partial charge on any atom is 0.305 e. The van der Waals surface area contributed by atoms with E-state index in [1.165, 1.54) is 0 Å². The summed E-state index contributed by atoms with van der Waals surface area (Å²) in [7, 11) is 0. The van der Waals surface area contributed by atoms with E-state index in [2.05, 4.69) is 4.98 Å². The highest BCUT2D eigenvalue weighted by Gasteiger charge is 2.07. The molecule has 1 atom stereocenters. The molecule has 1 aromatic heterocycles. The molecule has 0 radical (unpaired) electrons. The molecule has 0 bridgehead atoms. The summed E-state index contributed by atoms with van der Waals surface area (Å²) in [6.07, 6.45) is 1.42. The molecule has 0 saturated heterocycles. The Bertz CT molecular complexity index is 287. The normalized spacial score (nSPS) is 12.4. The van der Waals surface area contributed by atoms with Crippen LogP contribution in [0.2, 0.25) is 0 Å². The Balaban J connectivity index is 2.30. The lowest BCUT2D eigenvalue weighted by Crippen LogP contribution is -2.13. The molecule has 76 valence electrons. The van der Waals surface area contributed by atoms with Crippen LogP contribution >= 0.6 is 0 Å². The third-order valence-corrected chi connectivity index (χ3v) is 1.70. The predicted molar refractivity (Wildman–Crippen MR) is 50.7 cm³/mol. The Labute approximate surface area is 82.5 Å². The zero-order chi connectivity index (χ0) is 10.4. The molecule has 0 aliphatic rings. The first-order valence-corrected chi connectivity index (χ1v) is 4.42. The van der Waals surface area contributed by atoms with Crippen molar-refractivity contribution in [3.8, 4) is 0 Å². The smallest absolute Gasteiger partial charge is 0.305 e. The van der Waals surface area contributed by atoms with Crippen LogP contribution in [0.4, 0.5) is 0 Å². The van der Waals surface area contributed by atoms with Gasteiger partial charge in [0.1, 0.15) is 0 Å². The molecule has 1 heterocycles. The largest absolute Gasteiger partial charge is 0.481 e. The van der Waals surface area contributed by atoms with Crippen LogP contribution in [0.3, 0.4) is 0 Å². The average Bonchev–Trinajstić information content (AvgIpc) is 2.15. The molecule has 0 aliphatic carbocycles. The lowest BCUT2D eigenvalue weighted by Gasteiger charge is -2.09. The molecule has 14 heavy (non-hydrogen) atoms. The number of carboxylic acids is 1. The molecular weight excluding hydrogens is 182 g/mol. The molecule has 1 rings (SSSR count). The van der Waals surface area contributed by atoms with E-state index in [9.17, 15) is 4.79 Å². The van der Waals surface area contributed by atoms with Crippen molar-refractivity contribution in [1.29, 1.82) is 0 Å². The fourth-order valence-corrected chi connectivity index (χ4v) is 1.02. The maximum absolute atomic E-state index is 10.3.